The SMILES string of the molecule is CCCCc1ccc(C(=O)n2c(=O)n(S(=O)(=O)c3cccc4cccnc34)c3ccccc32)cc1. The topological polar surface area (TPSA) is 91.0 Å². The number of pyridine rings is 1. The smallest absolute Gasteiger partial charge is 0.268 e. The van der Waals surface area contributed by atoms with Crippen molar-refractivity contribution in [1.82, 2.24) is 13.5 Å². The molecule has 176 valence electrons. The van der Waals surface area contributed by atoms with Gasteiger partial charge in [-0.05, 0) is 54.8 Å². The molecule has 0 aliphatic heterocycles. The predicted octanol–water partition coefficient (Wildman–Crippen LogP) is 4.62. The first kappa shape index (κ1) is 22.7. The van der Waals surface area contributed by atoms with E-state index in [9.17, 15) is 18.0 Å². The van der Waals surface area contributed by atoms with Crippen molar-refractivity contribution >= 4 is 37.9 Å². The predicted molar refractivity (Wildman–Crippen MR) is 135 cm³/mol. The summed E-state index contributed by atoms with van der Waals surface area (Å²) in [4.78, 5) is 31.1. The minimum Gasteiger partial charge on any atom is -0.268 e. The Balaban J connectivity index is 1.69. The van der Waals surface area contributed by atoms with Gasteiger partial charge in [-0.25, -0.2) is 17.8 Å². The van der Waals surface area contributed by atoms with Crippen LogP contribution in [0.5, 0.6) is 0 Å². The molecule has 0 atom stereocenters. The normalized spacial score (nSPS) is 11.8. The fourth-order valence-electron chi connectivity index (χ4n) is 4.26. The van der Waals surface area contributed by atoms with E-state index in [4.69, 9.17) is 0 Å². The van der Waals surface area contributed by atoms with Crippen molar-refractivity contribution in [1.29, 1.82) is 0 Å². The van der Waals surface area contributed by atoms with Crippen LogP contribution in [0.4, 0.5) is 0 Å². The van der Waals surface area contributed by atoms with E-state index in [-0.39, 0.29) is 21.4 Å². The molecule has 0 radical (unpaired) electrons. The van der Waals surface area contributed by atoms with Crippen LogP contribution in [-0.4, -0.2) is 27.8 Å². The molecule has 3 aromatic carbocycles. The van der Waals surface area contributed by atoms with Crippen molar-refractivity contribution in [3.63, 3.8) is 0 Å². The number of para-hydroxylation sites is 3. The molecule has 7 nitrogen and oxygen atoms in total. The molecule has 0 aliphatic rings. The molecule has 0 spiro atoms. The number of fused-ring (bicyclic) bond motifs is 2. The molecule has 0 aliphatic carbocycles. The minimum absolute atomic E-state index is 0.103. The van der Waals surface area contributed by atoms with Gasteiger partial charge in [-0.3, -0.25) is 9.78 Å². The Kier molecular flexibility index (Phi) is 5.82. The molecule has 5 rings (SSSR count). The third-order valence-corrected chi connectivity index (χ3v) is 7.76. The van der Waals surface area contributed by atoms with Crippen LogP contribution in [0.3, 0.4) is 0 Å². The summed E-state index contributed by atoms with van der Waals surface area (Å²) in [6.07, 6.45) is 4.51. The van der Waals surface area contributed by atoms with E-state index in [1.165, 1.54) is 18.3 Å². The van der Waals surface area contributed by atoms with Crippen LogP contribution < -0.4 is 5.69 Å². The second kappa shape index (κ2) is 8.96. The molecule has 8 heteroatoms. The summed E-state index contributed by atoms with van der Waals surface area (Å²) in [6.45, 7) is 2.11. The third-order valence-electron chi connectivity index (χ3n) is 6.04. The molecule has 0 unspecified atom stereocenters. The maximum atomic E-state index is 13.8. The number of rotatable bonds is 6. The number of carbonyl (C=O) groups is 1. The van der Waals surface area contributed by atoms with E-state index >= 15 is 0 Å². The first-order valence-corrected chi connectivity index (χ1v) is 12.8. The number of nitrogens with zero attached hydrogens (tertiary/aromatic N) is 3. The summed E-state index contributed by atoms with van der Waals surface area (Å²) >= 11 is 0. The lowest BCUT2D eigenvalue weighted by molar-refractivity contribution is 0.0961. The zero-order valence-electron chi connectivity index (χ0n) is 19.1. The van der Waals surface area contributed by atoms with Crippen LogP contribution in [0.15, 0.2) is 94.7 Å². The van der Waals surface area contributed by atoms with Crippen LogP contribution in [0, 0.1) is 0 Å². The number of hydrogen-bond donors (Lipinski definition) is 0. The highest BCUT2D eigenvalue weighted by molar-refractivity contribution is 7.90. The van der Waals surface area contributed by atoms with Crippen molar-refractivity contribution in [2.45, 2.75) is 31.1 Å². The van der Waals surface area contributed by atoms with Gasteiger partial charge in [0.15, 0.2) is 0 Å². The minimum atomic E-state index is -4.37. The Morgan fingerprint density at radius 2 is 1.60 bits per heavy atom. The number of aromatic nitrogens is 3. The number of hydrogen-bond acceptors (Lipinski definition) is 5. The van der Waals surface area contributed by atoms with Gasteiger partial charge >= 0.3 is 5.69 Å². The average molecular weight is 486 g/mol. The molecule has 35 heavy (non-hydrogen) atoms. The zero-order chi connectivity index (χ0) is 24.6. The van der Waals surface area contributed by atoms with E-state index in [1.807, 2.05) is 12.1 Å². The lowest BCUT2D eigenvalue weighted by atomic mass is 10.1. The van der Waals surface area contributed by atoms with Gasteiger partial charge in [-0.1, -0.05) is 55.8 Å². The standard InChI is InChI=1S/C27H23N3O4S/c1-2-3-8-19-14-16-21(17-15-19)26(31)29-22-11-4-5-12-23(22)30(27(29)32)35(33,34)24-13-6-9-20-10-7-18-28-25(20)24/h4-7,9-18H,2-3,8H2,1H3. The fraction of sp³-hybridized carbons (Fsp3) is 0.148. The number of unbranched alkanes of at least 4 members (excludes halogenated alkanes) is 1. The summed E-state index contributed by atoms with van der Waals surface area (Å²) in [5.74, 6) is -0.585. The maximum absolute atomic E-state index is 13.8. The molecule has 0 amide bonds. The molecule has 0 saturated heterocycles. The van der Waals surface area contributed by atoms with Crippen LogP contribution >= 0.6 is 0 Å². The molecule has 2 aromatic heterocycles. The van der Waals surface area contributed by atoms with E-state index in [1.54, 1.807) is 54.6 Å². The fourth-order valence-corrected chi connectivity index (χ4v) is 5.82. The summed E-state index contributed by atoms with van der Waals surface area (Å²) in [5.41, 5.74) is 1.06. The molecule has 0 N–H and O–H groups in total. The van der Waals surface area contributed by atoms with Gasteiger partial charge < -0.3 is 0 Å². The van der Waals surface area contributed by atoms with Crippen molar-refractivity contribution < 1.29 is 13.2 Å². The molecular formula is C27H23N3O4S. The van der Waals surface area contributed by atoms with Gasteiger partial charge in [0.2, 0.25) is 0 Å². The second-order valence-electron chi connectivity index (χ2n) is 8.31. The van der Waals surface area contributed by atoms with Crippen LogP contribution in [0.25, 0.3) is 21.9 Å². The Hall–Kier alpha value is -4.04. The monoisotopic (exact) mass is 485 g/mol. The summed E-state index contributed by atoms with van der Waals surface area (Å²) < 4.78 is 29.2. The average Bonchev–Trinajstić information content (AvgIpc) is 3.19. The first-order valence-electron chi connectivity index (χ1n) is 11.4. The summed E-state index contributed by atoms with van der Waals surface area (Å²) in [5, 5.41) is 0.629. The van der Waals surface area contributed by atoms with Crippen molar-refractivity contribution in [3.05, 3.63) is 107 Å². The number of aryl methyl sites for hydroxylation is 1. The van der Waals surface area contributed by atoms with Gasteiger partial charge in [0.1, 0.15) is 4.90 Å². The van der Waals surface area contributed by atoms with Crippen molar-refractivity contribution in [2.24, 2.45) is 0 Å². The Bertz CT molecular complexity index is 1730. The molecule has 2 heterocycles. The van der Waals surface area contributed by atoms with Crippen molar-refractivity contribution in [3.8, 4) is 0 Å². The maximum Gasteiger partial charge on any atom is 0.350 e. The third kappa shape index (κ3) is 3.85. The highest BCUT2D eigenvalue weighted by Crippen LogP contribution is 2.25. The van der Waals surface area contributed by atoms with E-state index < -0.39 is 21.6 Å². The number of benzene rings is 3. The Morgan fingerprint density at radius 1 is 0.886 bits per heavy atom. The number of carbonyl (C=O) groups excluding carboxylic acids is 1. The molecular weight excluding hydrogens is 462 g/mol. The van der Waals surface area contributed by atoms with Crippen LogP contribution in [0.2, 0.25) is 0 Å². The summed E-state index contributed by atoms with van der Waals surface area (Å²) in [6, 6.07) is 21.7. The lowest BCUT2D eigenvalue weighted by Gasteiger charge is -2.08. The van der Waals surface area contributed by atoms with Crippen LogP contribution in [-0.2, 0) is 16.4 Å². The summed E-state index contributed by atoms with van der Waals surface area (Å²) in [7, 11) is -4.37. The lowest BCUT2D eigenvalue weighted by Crippen LogP contribution is -2.33. The highest BCUT2D eigenvalue weighted by atomic mass is 32.2. The number of imidazole rings is 1. The van der Waals surface area contributed by atoms with Gasteiger partial charge in [0.05, 0.1) is 16.6 Å². The van der Waals surface area contributed by atoms with Crippen LogP contribution in [0.1, 0.15) is 35.7 Å². The molecule has 5 aromatic rings. The second-order valence-corrected chi connectivity index (χ2v) is 10.1. The van der Waals surface area contributed by atoms with Gasteiger partial charge in [0, 0.05) is 17.1 Å². The zero-order valence-corrected chi connectivity index (χ0v) is 19.9. The van der Waals surface area contributed by atoms with E-state index in [0.717, 1.165) is 29.4 Å². The quantitative estimate of drug-likeness (QED) is 0.350. The molecule has 0 saturated carbocycles. The van der Waals surface area contributed by atoms with E-state index in [0.29, 0.717) is 14.9 Å². The molecule has 0 fully saturated rings. The van der Waals surface area contributed by atoms with Gasteiger partial charge in [0.25, 0.3) is 15.9 Å². The Morgan fingerprint density at radius 3 is 2.34 bits per heavy atom. The highest BCUT2D eigenvalue weighted by Gasteiger charge is 2.29. The van der Waals surface area contributed by atoms with Gasteiger partial charge in [-0.15, -0.1) is 0 Å². The van der Waals surface area contributed by atoms with Gasteiger partial charge in [-0.2, -0.15) is 3.97 Å². The van der Waals surface area contributed by atoms with E-state index in [2.05, 4.69) is 11.9 Å². The van der Waals surface area contributed by atoms with Crippen molar-refractivity contribution in [2.75, 3.05) is 0 Å². The molecule has 0 bridgehead atoms. The first-order chi connectivity index (χ1) is 16.9. The largest absolute Gasteiger partial charge is 0.350 e. The Labute approximate surface area is 202 Å².